The van der Waals surface area contributed by atoms with Crippen molar-refractivity contribution in [3.05, 3.63) is 41.6 Å². The second-order valence-corrected chi connectivity index (χ2v) is 5.79. The highest BCUT2D eigenvalue weighted by molar-refractivity contribution is 5.17. The molecule has 0 radical (unpaired) electrons. The van der Waals surface area contributed by atoms with Crippen molar-refractivity contribution < 1.29 is 9.52 Å². The first-order chi connectivity index (χ1) is 9.72. The summed E-state index contributed by atoms with van der Waals surface area (Å²) in [5, 5.41) is 14.8. The molecule has 4 heteroatoms. The molecule has 1 N–H and O–H groups in total. The molecule has 0 aromatic carbocycles. The summed E-state index contributed by atoms with van der Waals surface area (Å²) in [5.74, 6) is 0.826. The van der Waals surface area contributed by atoms with Crippen molar-refractivity contribution >= 4 is 0 Å². The molecule has 108 valence electrons. The molecule has 1 aliphatic carbocycles. The van der Waals surface area contributed by atoms with Gasteiger partial charge in [-0.05, 0) is 31.9 Å². The molecule has 0 bridgehead atoms. The van der Waals surface area contributed by atoms with Gasteiger partial charge in [-0.2, -0.15) is 5.10 Å². The Morgan fingerprint density at radius 3 is 2.90 bits per heavy atom. The minimum Gasteiger partial charge on any atom is -0.469 e. The topological polar surface area (TPSA) is 51.2 Å². The van der Waals surface area contributed by atoms with Crippen molar-refractivity contribution in [1.82, 2.24) is 9.78 Å². The quantitative estimate of drug-likeness (QED) is 0.927. The summed E-state index contributed by atoms with van der Waals surface area (Å²) in [6, 6.07) is 4.44. The molecule has 0 spiro atoms. The Hall–Kier alpha value is -1.55. The third kappa shape index (κ3) is 2.96. The van der Waals surface area contributed by atoms with Crippen molar-refractivity contribution in [1.29, 1.82) is 0 Å². The molecule has 0 saturated heterocycles. The molecule has 0 amide bonds. The van der Waals surface area contributed by atoms with Crippen LogP contribution in [0.1, 0.15) is 61.3 Å². The van der Waals surface area contributed by atoms with Crippen LogP contribution in [0.3, 0.4) is 0 Å². The fourth-order valence-electron chi connectivity index (χ4n) is 2.99. The van der Waals surface area contributed by atoms with E-state index in [4.69, 9.17) is 4.42 Å². The zero-order valence-electron chi connectivity index (χ0n) is 12.0. The molecule has 1 aliphatic rings. The first kappa shape index (κ1) is 13.4. The summed E-state index contributed by atoms with van der Waals surface area (Å²) >= 11 is 0. The van der Waals surface area contributed by atoms with Crippen LogP contribution in [0, 0.1) is 6.92 Å². The van der Waals surface area contributed by atoms with Gasteiger partial charge >= 0.3 is 0 Å². The largest absolute Gasteiger partial charge is 0.469 e. The van der Waals surface area contributed by atoms with Crippen LogP contribution in [0.2, 0.25) is 0 Å². The molecule has 0 aliphatic heterocycles. The third-order valence-corrected chi connectivity index (χ3v) is 4.15. The van der Waals surface area contributed by atoms with Crippen LogP contribution in [-0.2, 0) is 6.42 Å². The van der Waals surface area contributed by atoms with Crippen LogP contribution in [0.25, 0.3) is 0 Å². The molecular weight excluding hydrogens is 252 g/mol. The average molecular weight is 274 g/mol. The van der Waals surface area contributed by atoms with Crippen LogP contribution < -0.4 is 0 Å². The van der Waals surface area contributed by atoms with E-state index >= 15 is 0 Å². The SMILES string of the molecule is Cc1cc(C(O)Cc2ccn(C3CCCCC3)n2)co1. The van der Waals surface area contributed by atoms with Gasteiger partial charge in [-0.15, -0.1) is 0 Å². The zero-order chi connectivity index (χ0) is 13.9. The number of aliphatic hydroxyl groups is 1. The van der Waals surface area contributed by atoms with Gasteiger partial charge in [0, 0.05) is 18.2 Å². The minimum absolute atomic E-state index is 0.540. The van der Waals surface area contributed by atoms with Crippen molar-refractivity contribution in [2.24, 2.45) is 0 Å². The van der Waals surface area contributed by atoms with Gasteiger partial charge in [0.15, 0.2) is 0 Å². The Kier molecular flexibility index (Phi) is 3.92. The van der Waals surface area contributed by atoms with E-state index in [2.05, 4.69) is 16.0 Å². The fourth-order valence-corrected chi connectivity index (χ4v) is 2.99. The van der Waals surface area contributed by atoms with Crippen molar-refractivity contribution in [2.45, 2.75) is 57.6 Å². The summed E-state index contributed by atoms with van der Waals surface area (Å²) in [6.07, 6.45) is 10.1. The lowest BCUT2D eigenvalue weighted by Crippen LogP contribution is -2.13. The second-order valence-electron chi connectivity index (χ2n) is 5.79. The summed E-state index contributed by atoms with van der Waals surface area (Å²) in [7, 11) is 0. The Morgan fingerprint density at radius 2 is 2.20 bits per heavy atom. The van der Waals surface area contributed by atoms with E-state index in [1.54, 1.807) is 6.26 Å². The van der Waals surface area contributed by atoms with E-state index in [1.165, 1.54) is 32.1 Å². The number of furan rings is 1. The van der Waals surface area contributed by atoms with Gasteiger partial charge in [0.25, 0.3) is 0 Å². The smallest absolute Gasteiger partial charge is 0.101 e. The number of aryl methyl sites for hydroxylation is 1. The molecule has 20 heavy (non-hydrogen) atoms. The van der Waals surface area contributed by atoms with E-state index in [9.17, 15) is 5.11 Å². The standard InChI is InChI=1S/C16H22N2O2/c1-12-9-13(11-20-12)16(19)10-14-7-8-18(17-14)15-5-3-2-4-6-15/h7-9,11,15-16,19H,2-6,10H2,1H3. The van der Waals surface area contributed by atoms with Gasteiger partial charge < -0.3 is 9.52 Å². The van der Waals surface area contributed by atoms with E-state index in [-0.39, 0.29) is 0 Å². The summed E-state index contributed by atoms with van der Waals surface area (Å²) < 4.78 is 7.32. The summed E-state index contributed by atoms with van der Waals surface area (Å²) in [6.45, 7) is 1.88. The van der Waals surface area contributed by atoms with Gasteiger partial charge in [0.05, 0.1) is 24.1 Å². The lowest BCUT2D eigenvalue weighted by molar-refractivity contribution is 0.175. The van der Waals surface area contributed by atoms with E-state index in [1.807, 2.05) is 19.1 Å². The fraction of sp³-hybridized carbons (Fsp3) is 0.562. The molecule has 2 heterocycles. The van der Waals surface area contributed by atoms with Crippen molar-refractivity contribution in [3.8, 4) is 0 Å². The maximum atomic E-state index is 10.2. The number of nitrogens with zero attached hydrogens (tertiary/aromatic N) is 2. The number of rotatable bonds is 4. The summed E-state index contributed by atoms with van der Waals surface area (Å²) in [4.78, 5) is 0. The molecule has 4 nitrogen and oxygen atoms in total. The van der Waals surface area contributed by atoms with Crippen LogP contribution in [-0.4, -0.2) is 14.9 Å². The van der Waals surface area contributed by atoms with Gasteiger partial charge in [-0.3, -0.25) is 4.68 Å². The number of hydrogen-bond acceptors (Lipinski definition) is 3. The predicted molar refractivity (Wildman–Crippen MR) is 76.5 cm³/mol. The molecular formula is C16H22N2O2. The van der Waals surface area contributed by atoms with Crippen LogP contribution in [0.5, 0.6) is 0 Å². The van der Waals surface area contributed by atoms with E-state index in [0.717, 1.165) is 17.0 Å². The first-order valence-electron chi connectivity index (χ1n) is 7.49. The highest BCUT2D eigenvalue weighted by Crippen LogP contribution is 2.28. The Balaban J connectivity index is 1.64. The van der Waals surface area contributed by atoms with E-state index in [0.29, 0.717) is 12.5 Å². The van der Waals surface area contributed by atoms with Crippen LogP contribution in [0.15, 0.2) is 29.0 Å². The lowest BCUT2D eigenvalue weighted by atomic mass is 9.96. The van der Waals surface area contributed by atoms with Gasteiger partial charge in [0.2, 0.25) is 0 Å². The average Bonchev–Trinajstić information content (AvgIpc) is 3.09. The van der Waals surface area contributed by atoms with Crippen LogP contribution >= 0.6 is 0 Å². The minimum atomic E-state index is -0.540. The molecule has 1 unspecified atom stereocenters. The zero-order valence-corrected chi connectivity index (χ0v) is 12.0. The predicted octanol–water partition coefficient (Wildman–Crippen LogP) is 3.57. The number of hydrogen-bond donors (Lipinski definition) is 1. The van der Waals surface area contributed by atoms with Crippen LogP contribution in [0.4, 0.5) is 0 Å². The maximum absolute atomic E-state index is 10.2. The van der Waals surface area contributed by atoms with Crippen molar-refractivity contribution in [3.63, 3.8) is 0 Å². The lowest BCUT2D eigenvalue weighted by Gasteiger charge is -2.21. The van der Waals surface area contributed by atoms with E-state index < -0.39 is 6.10 Å². The molecule has 2 aromatic rings. The third-order valence-electron chi connectivity index (χ3n) is 4.15. The Bertz CT molecular complexity index is 552. The molecule has 1 atom stereocenters. The highest BCUT2D eigenvalue weighted by atomic mass is 16.3. The molecule has 2 aromatic heterocycles. The summed E-state index contributed by atoms with van der Waals surface area (Å²) in [5.41, 5.74) is 1.77. The van der Waals surface area contributed by atoms with Gasteiger partial charge in [-0.1, -0.05) is 19.3 Å². The molecule has 3 rings (SSSR count). The van der Waals surface area contributed by atoms with Gasteiger partial charge in [0.1, 0.15) is 5.76 Å². The van der Waals surface area contributed by atoms with Gasteiger partial charge in [-0.25, -0.2) is 0 Å². The molecule has 1 saturated carbocycles. The number of aromatic nitrogens is 2. The maximum Gasteiger partial charge on any atom is 0.101 e. The monoisotopic (exact) mass is 274 g/mol. The second kappa shape index (κ2) is 5.83. The Labute approximate surface area is 119 Å². The normalized spacial score (nSPS) is 18.3. The first-order valence-corrected chi connectivity index (χ1v) is 7.49. The number of aliphatic hydroxyl groups excluding tert-OH is 1. The van der Waals surface area contributed by atoms with Crippen molar-refractivity contribution in [2.75, 3.05) is 0 Å². The Morgan fingerprint density at radius 1 is 1.40 bits per heavy atom. The highest BCUT2D eigenvalue weighted by Gasteiger charge is 2.17. The molecule has 1 fully saturated rings.